The summed E-state index contributed by atoms with van der Waals surface area (Å²) in [6.07, 6.45) is 0. The molecule has 0 radical (unpaired) electrons. The maximum absolute atomic E-state index is 9.71. The molecular weight excluding hydrogens is 176 g/mol. The molecule has 0 bridgehead atoms. The predicted molar refractivity (Wildman–Crippen MR) is 54.6 cm³/mol. The number of nitrogens with zero attached hydrogens (tertiary/aromatic N) is 1. The van der Waals surface area contributed by atoms with Crippen LogP contribution in [0.1, 0.15) is 31.0 Å². The predicted octanol–water partition coefficient (Wildman–Crippen LogP) is 1.92. The fraction of sp³-hybridized carbons (Fsp3) is 0.364. The molecule has 1 atom stereocenters. The van der Waals surface area contributed by atoms with E-state index in [4.69, 9.17) is 11.0 Å². The molecule has 1 rings (SSSR count). The van der Waals surface area contributed by atoms with E-state index in [-0.39, 0.29) is 23.3 Å². The lowest BCUT2D eigenvalue weighted by molar-refractivity contribution is 0.438. The number of benzene rings is 1. The highest BCUT2D eigenvalue weighted by atomic mass is 16.3. The van der Waals surface area contributed by atoms with Crippen LogP contribution in [0.2, 0.25) is 0 Å². The molecule has 0 saturated heterocycles. The standard InChI is InChI=1S/C11H14N2O/c1-7(2)10(13)9-5-3-4-8(6-12)11(9)14/h3-5,7,10,14H,13H2,1-2H3/t10-/m1/s1. The molecule has 0 aliphatic carbocycles. The first-order valence-electron chi connectivity index (χ1n) is 4.55. The summed E-state index contributed by atoms with van der Waals surface area (Å²) in [5, 5.41) is 18.4. The van der Waals surface area contributed by atoms with Crippen LogP contribution < -0.4 is 5.73 Å². The topological polar surface area (TPSA) is 70.0 Å². The van der Waals surface area contributed by atoms with Crippen molar-refractivity contribution >= 4 is 0 Å². The summed E-state index contributed by atoms with van der Waals surface area (Å²) < 4.78 is 0. The lowest BCUT2D eigenvalue weighted by Gasteiger charge is -2.17. The summed E-state index contributed by atoms with van der Waals surface area (Å²) in [4.78, 5) is 0. The first kappa shape index (κ1) is 10.6. The highest BCUT2D eigenvalue weighted by Gasteiger charge is 2.16. The molecule has 3 nitrogen and oxygen atoms in total. The van der Waals surface area contributed by atoms with Crippen LogP contribution in [-0.4, -0.2) is 5.11 Å². The van der Waals surface area contributed by atoms with E-state index in [1.807, 2.05) is 19.9 Å². The van der Waals surface area contributed by atoms with Crippen LogP contribution in [0.4, 0.5) is 0 Å². The maximum atomic E-state index is 9.71. The van der Waals surface area contributed by atoms with Gasteiger partial charge in [-0.25, -0.2) is 0 Å². The van der Waals surface area contributed by atoms with E-state index in [1.165, 1.54) is 0 Å². The minimum Gasteiger partial charge on any atom is -0.506 e. The molecule has 74 valence electrons. The van der Waals surface area contributed by atoms with E-state index in [1.54, 1.807) is 18.2 Å². The lowest BCUT2D eigenvalue weighted by atomic mass is 9.95. The van der Waals surface area contributed by atoms with E-state index in [0.29, 0.717) is 5.56 Å². The third kappa shape index (κ3) is 1.86. The smallest absolute Gasteiger partial charge is 0.138 e. The van der Waals surface area contributed by atoms with Gasteiger partial charge in [0.15, 0.2) is 0 Å². The van der Waals surface area contributed by atoms with Crippen molar-refractivity contribution in [1.29, 1.82) is 5.26 Å². The van der Waals surface area contributed by atoms with Crippen LogP contribution in [0.3, 0.4) is 0 Å². The van der Waals surface area contributed by atoms with Gasteiger partial charge in [-0.05, 0) is 12.0 Å². The van der Waals surface area contributed by atoms with Gasteiger partial charge in [0.1, 0.15) is 11.8 Å². The summed E-state index contributed by atoms with van der Waals surface area (Å²) in [6, 6.07) is 6.75. The van der Waals surface area contributed by atoms with E-state index >= 15 is 0 Å². The Morgan fingerprint density at radius 2 is 2.07 bits per heavy atom. The van der Waals surface area contributed by atoms with E-state index in [9.17, 15) is 5.11 Å². The first-order valence-corrected chi connectivity index (χ1v) is 4.55. The molecule has 0 spiro atoms. The highest BCUT2D eigenvalue weighted by Crippen LogP contribution is 2.29. The Morgan fingerprint density at radius 1 is 1.43 bits per heavy atom. The zero-order chi connectivity index (χ0) is 10.7. The van der Waals surface area contributed by atoms with Crippen molar-refractivity contribution in [3.8, 4) is 11.8 Å². The van der Waals surface area contributed by atoms with Gasteiger partial charge in [0.05, 0.1) is 5.56 Å². The van der Waals surface area contributed by atoms with Gasteiger partial charge in [-0.1, -0.05) is 26.0 Å². The number of hydrogen-bond acceptors (Lipinski definition) is 3. The Kier molecular flexibility index (Phi) is 3.10. The number of hydrogen-bond donors (Lipinski definition) is 2. The number of nitrogens with two attached hydrogens (primary N) is 1. The van der Waals surface area contributed by atoms with Gasteiger partial charge >= 0.3 is 0 Å². The molecule has 0 aromatic heterocycles. The maximum Gasteiger partial charge on any atom is 0.138 e. The molecule has 0 heterocycles. The normalized spacial score (nSPS) is 12.5. The Labute approximate surface area is 83.8 Å². The van der Waals surface area contributed by atoms with Gasteiger partial charge < -0.3 is 10.8 Å². The zero-order valence-corrected chi connectivity index (χ0v) is 8.36. The first-order chi connectivity index (χ1) is 6.57. The van der Waals surface area contributed by atoms with Crippen molar-refractivity contribution in [2.24, 2.45) is 11.7 Å². The molecule has 3 heteroatoms. The minimum atomic E-state index is -0.233. The molecule has 0 fully saturated rings. The Hall–Kier alpha value is -1.53. The molecule has 1 aromatic rings. The zero-order valence-electron chi connectivity index (χ0n) is 8.36. The van der Waals surface area contributed by atoms with Gasteiger partial charge in [-0.15, -0.1) is 0 Å². The fourth-order valence-corrected chi connectivity index (χ4v) is 1.28. The molecule has 0 amide bonds. The van der Waals surface area contributed by atoms with Crippen LogP contribution in [0.25, 0.3) is 0 Å². The average Bonchev–Trinajstić information content (AvgIpc) is 2.17. The van der Waals surface area contributed by atoms with Crippen molar-refractivity contribution in [2.75, 3.05) is 0 Å². The summed E-state index contributed by atoms with van der Waals surface area (Å²) in [5.74, 6) is 0.242. The van der Waals surface area contributed by atoms with Crippen LogP contribution in [0.15, 0.2) is 18.2 Å². The number of phenolic OH excluding ortho intramolecular Hbond substituents is 1. The van der Waals surface area contributed by atoms with Crippen LogP contribution in [-0.2, 0) is 0 Å². The second-order valence-electron chi connectivity index (χ2n) is 3.63. The highest BCUT2D eigenvalue weighted by molar-refractivity contribution is 5.48. The monoisotopic (exact) mass is 190 g/mol. The minimum absolute atomic E-state index is 0.0104. The lowest BCUT2D eigenvalue weighted by Crippen LogP contribution is -2.16. The number of aromatic hydroxyl groups is 1. The fourth-order valence-electron chi connectivity index (χ4n) is 1.28. The Balaban J connectivity index is 3.17. The van der Waals surface area contributed by atoms with Gasteiger partial charge in [-0.2, -0.15) is 5.26 Å². The van der Waals surface area contributed by atoms with Crippen LogP contribution in [0, 0.1) is 17.2 Å². The van der Waals surface area contributed by atoms with E-state index in [2.05, 4.69) is 0 Å². The number of nitriles is 1. The van der Waals surface area contributed by atoms with Crippen molar-refractivity contribution in [2.45, 2.75) is 19.9 Å². The molecule has 0 aliphatic rings. The summed E-state index contributed by atoms with van der Waals surface area (Å²) in [5.41, 5.74) is 6.81. The second-order valence-corrected chi connectivity index (χ2v) is 3.63. The third-order valence-corrected chi connectivity index (χ3v) is 2.27. The largest absolute Gasteiger partial charge is 0.506 e. The molecular formula is C11H14N2O. The number of rotatable bonds is 2. The van der Waals surface area contributed by atoms with Gasteiger partial charge in [0.25, 0.3) is 0 Å². The molecule has 0 saturated carbocycles. The Bertz CT molecular complexity index is 366. The van der Waals surface area contributed by atoms with Crippen molar-refractivity contribution in [3.05, 3.63) is 29.3 Å². The SMILES string of the molecule is CC(C)[C@@H](N)c1cccc(C#N)c1O. The molecule has 0 unspecified atom stereocenters. The van der Waals surface area contributed by atoms with Crippen LogP contribution in [0.5, 0.6) is 5.75 Å². The molecule has 1 aromatic carbocycles. The van der Waals surface area contributed by atoms with E-state index < -0.39 is 0 Å². The summed E-state index contributed by atoms with van der Waals surface area (Å²) in [6.45, 7) is 3.95. The second kappa shape index (κ2) is 4.12. The molecule has 3 N–H and O–H groups in total. The quantitative estimate of drug-likeness (QED) is 0.748. The molecule has 14 heavy (non-hydrogen) atoms. The van der Waals surface area contributed by atoms with Crippen molar-refractivity contribution < 1.29 is 5.11 Å². The Morgan fingerprint density at radius 3 is 2.57 bits per heavy atom. The number of para-hydroxylation sites is 1. The van der Waals surface area contributed by atoms with Gasteiger partial charge in [-0.3, -0.25) is 0 Å². The van der Waals surface area contributed by atoms with Crippen molar-refractivity contribution in [3.63, 3.8) is 0 Å². The summed E-state index contributed by atoms with van der Waals surface area (Å²) in [7, 11) is 0. The number of phenols is 1. The average molecular weight is 190 g/mol. The molecule has 0 aliphatic heterocycles. The van der Waals surface area contributed by atoms with E-state index in [0.717, 1.165) is 0 Å². The van der Waals surface area contributed by atoms with Gasteiger partial charge in [0.2, 0.25) is 0 Å². The van der Waals surface area contributed by atoms with Gasteiger partial charge in [0, 0.05) is 11.6 Å². The van der Waals surface area contributed by atoms with Crippen LogP contribution >= 0.6 is 0 Å². The van der Waals surface area contributed by atoms with Crippen molar-refractivity contribution in [1.82, 2.24) is 0 Å². The summed E-state index contributed by atoms with van der Waals surface area (Å²) >= 11 is 0. The third-order valence-electron chi connectivity index (χ3n) is 2.27.